The molecular formula is C17H28N6S. The summed E-state index contributed by atoms with van der Waals surface area (Å²) in [6, 6.07) is 2.14. The van der Waals surface area contributed by atoms with E-state index in [1.165, 1.54) is 25.7 Å². The first-order valence-electron chi connectivity index (χ1n) is 9.09. The summed E-state index contributed by atoms with van der Waals surface area (Å²) in [6.45, 7) is 9.40. The van der Waals surface area contributed by atoms with Crippen molar-refractivity contribution in [1.82, 2.24) is 15.3 Å². The minimum Gasteiger partial charge on any atom is -0.363 e. The van der Waals surface area contributed by atoms with Crippen LogP contribution >= 0.6 is 12.2 Å². The molecule has 3 rings (SSSR count). The number of hydrogen-bond donors (Lipinski definition) is 2. The van der Waals surface area contributed by atoms with Crippen molar-refractivity contribution in [1.29, 1.82) is 0 Å². The molecule has 1 atom stereocenters. The minimum atomic E-state index is 0.578. The normalized spacial score (nSPS) is 21.0. The van der Waals surface area contributed by atoms with Gasteiger partial charge >= 0.3 is 0 Å². The molecule has 2 saturated heterocycles. The molecule has 24 heavy (non-hydrogen) atoms. The maximum absolute atomic E-state index is 5.30. The average molecular weight is 349 g/mol. The van der Waals surface area contributed by atoms with Crippen molar-refractivity contribution in [3.63, 3.8) is 0 Å². The maximum atomic E-state index is 5.30. The first-order valence-corrected chi connectivity index (χ1v) is 9.50. The van der Waals surface area contributed by atoms with Crippen LogP contribution in [-0.2, 0) is 0 Å². The van der Waals surface area contributed by atoms with Gasteiger partial charge in [-0.2, -0.15) is 9.97 Å². The number of rotatable bonds is 4. The van der Waals surface area contributed by atoms with E-state index in [1.807, 2.05) is 6.92 Å². The monoisotopic (exact) mass is 348 g/mol. The fourth-order valence-corrected chi connectivity index (χ4v) is 3.69. The molecule has 2 aliphatic heterocycles. The number of anilines is 3. The lowest BCUT2D eigenvalue weighted by molar-refractivity contribution is 0.444. The molecule has 0 unspecified atom stereocenters. The van der Waals surface area contributed by atoms with Gasteiger partial charge in [0, 0.05) is 38.8 Å². The highest BCUT2D eigenvalue weighted by Crippen LogP contribution is 2.27. The second kappa shape index (κ2) is 7.96. The number of thiocarbonyl (C=S) groups is 1. The highest BCUT2D eigenvalue weighted by Gasteiger charge is 2.21. The van der Waals surface area contributed by atoms with Gasteiger partial charge in [-0.05, 0) is 50.7 Å². The zero-order chi connectivity index (χ0) is 16.9. The van der Waals surface area contributed by atoms with E-state index in [4.69, 9.17) is 22.2 Å². The third kappa shape index (κ3) is 4.26. The smallest absolute Gasteiger partial charge is 0.232 e. The van der Waals surface area contributed by atoms with Crippen LogP contribution < -0.4 is 20.4 Å². The molecule has 0 amide bonds. The lowest BCUT2D eigenvalue weighted by Crippen LogP contribution is -2.35. The standard InChI is InChI=1S/C17H28N6S/c1-3-18-17(24)21-16-19-14(22-8-4-5-9-22)11-15(20-16)23-10-6-7-13(2)12-23/h11,13H,3-10,12H2,1-2H3,(H2,18,19,20,21,24)/t13-/m0/s1. The van der Waals surface area contributed by atoms with Crippen molar-refractivity contribution < 1.29 is 0 Å². The van der Waals surface area contributed by atoms with Gasteiger partial charge < -0.3 is 20.4 Å². The number of nitrogens with zero attached hydrogens (tertiary/aromatic N) is 4. The summed E-state index contributed by atoms with van der Waals surface area (Å²) in [7, 11) is 0. The maximum Gasteiger partial charge on any atom is 0.232 e. The Morgan fingerprint density at radius 2 is 1.83 bits per heavy atom. The van der Waals surface area contributed by atoms with Crippen LogP contribution in [0.2, 0.25) is 0 Å². The summed E-state index contributed by atoms with van der Waals surface area (Å²) in [5, 5.41) is 6.82. The Morgan fingerprint density at radius 3 is 2.50 bits per heavy atom. The summed E-state index contributed by atoms with van der Waals surface area (Å²) in [6.07, 6.45) is 5.00. The van der Waals surface area contributed by atoms with E-state index in [9.17, 15) is 0 Å². The summed E-state index contributed by atoms with van der Waals surface area (Å²) in [5.74, 6) is 3.33. The lowest BCUT2D eigenvalue weighted by Gasteiger charge is -2.32. The summed E-state index contributed by atoms with van der Waals surface area (Å²) < 4.78 is 0. The van der Waals surface area contributed by atoms with Gasteiger partial charge in [-0.25, -0.2) is 0 Å². The second-order valence-corrected chi connectivity index (χ2v) is 7.19. The highest BCUT2D eigenvalue weighted by molar-refractivity contribution is 7.80. The van der Waals surface area contributed by atoms with E-state index in [-0.39, 0.29) is 0 Å². The van der Waals surface area contributed by atoms with E-state index in [0.717, 1.165) is 44.4 Å². The fourth-order valence-electron chi connectivity index (χ4n) is 3.45. The summed E-state index contributed by atoms with van der Waals surface area (Å²) >= 11 is 5.30. The van der Waals surface area contributed by atoms with Gasteiger partial charge in [0.05, 0.1) is 0 Å². The van der Waals surface area contributed by atoms with Crippen molar-refractivity contribution in [3.05, 3.63) is 6.07 Å². The molecule has 0 aromatic carbocycles. The molecule has 1 aromatic heterocycles. The molecule has 7 heteroatoms. The van der Waals surface area contributed by atoms with Crippen molar-refractivity contribution in [2.24, 2.45) is 5.92 Å². The third-order valence-electron chi connectivity index (χ3n) is 4.67. The molecule has 0 bridgehead atoms. The van der Waals surface area contributed by atoms with E-state index < -0.39 is 0 Å². The molecule has 2 N–H and O–H groups in total. The Hall–Kier alpha value is -1.63. The Morgan fingerprint density at radius 1 is 1.17 bits per heavy atom. The number of nitrogens with one attached hydrogen (secondary N) is 2. The zero-order valence-electron chi connectivity index (χ0n) is 14.7. The first-order chi connectivity index (χ1) is 11.7. The van der Waals surface area contributed by atoms with Crippen LogP contribution in [0.15, 0.2) is 6.07 Å². The van der Waals surface area contributed by atoms with E-state index in [0.29, 0.717) is 17.0 Å². The molecule has 0 saturated carbocycles. The topological polar surface area (TPSA) is 56.3 Å². The second-order valence-electron chi connectivity index (χ2n) is 6.78. The Labute approximate surface area is 150 Å². The highest BCUT2D eigenvalue weighted by atomic mass is 32.1. The van der Waals surface area contributed by atoms with Crippen LogP contribution in [0.5, 0.6) is 0 Å². The fraction of sp³-hybridized carbons (Fsp3) is 0.706. The molecule has 0 spiro atoms. The molecular weight excluding hydrogens is 320 g/mol. The SMILES string of the molecule is CCNC(=S)Nc1nc(N2CCCC2)cc(N2CCC[C@H](C)C2)n1. The van der Waals surface area contributed by atoms with Gasteiger partial charge in [-0.1, -0.05) is 6.92 Å². The van der Waals surface area contributed by atoms with Gasteiger partial charge in [-0.15, -0.1) is 0 Å². The Kier molecular flexibility index (Phi) is 5.71. The minimum absolute atomic E-state index is 0.578. The number of aromatic nitrogens is 2. The van der Waals surface area contributed by atoms with Crippen molar-refractivity contribution in [2.45, 2.75) is 39.5 Å². The van der Waals surface area contributed by atoms with Crippen LogP contribution in [0.1, 0.15) is 39.5 Å². The van der Waals surface area contributed by atoms with Crippen LogP contribution in [0, 0.1) is 5.92 Å². The molecule has 1 aromatic rings. The van der Waals surface area contributed by atoms with Gasteiger partial charge in [-0.3, -0.25) is 0 Å². The molecule has 3 heterocycles. The third-order valence-corrected chi connectivity index (χ3v) is 4.92. The van der Waals surface area contributed by atoms with Gasteiger partial charge in [0.2, 0.25) is 5.95 Å². The van der Waals surface area contributed by atoms with Crippen molar-refractivity contribution in [2.75, 3.05) is 47.8 Å². The average Bonchev–Trinajstić information content (AvgIpc) is 3.09. The summed E-state index contributed by atoms with van der Waals surface area (Å²) in [4.78, 5) is 14.2. The molecule has 0 radical (unpaired) electrons. The molecule has 0 aliphatic carbocycles. The summed E-state index contributed by atoms with van der Waals surface area (Å²) in [5.41, 5.74) is 0. The predicted octanol–water partition coefficient (Wildman–Crippen LogP) is 2.62. The lowest BCUT2D eigenvalue weighted by atomic mass is 10.0. The van der Waals surface area contributed by atoms with Gasteiger partial charge in [0.15, 0.2) is 5.11 Å². The molecule has 6 nitrogen and oxygen atoms in total. The van der Waals surface area contributed by atoms with Crippen molar-refractivity contribution in [3.8, 4) is 0 Å². The number of piperidine rings is 1. The molecule has 2 aliphatic rings. The van der Waals surface area contributed by atoms with Gasteiger partial charge in [0.25, 0.3) is 0 Å². The van der Waals surface area contributed by atoms with E-state index >= 15 is 0 Å². The van der Waals surface area contributed by atoms with E-state index in [2.05, 4.69) is 33.4 Å². The first kappa shape index (κ1) is 17.2. The zero-order valence-corrected chi connectivity index (χ0v) is 15.5. The van der Waals surface area contributed by atoms with Crippen LogP contribution in [0.4, 0.5) is 17.6 Å². The van der Waals surface area contributed by atoms with Crippen molar-refractivity contribution >= 4 is 34.9 Å². The number of hydrogen-bond acceptors (Lipinski definition) is 5. The Bertz CT molecular complexity index is 572. The van der Waals surface area contributed by atoms with Crippen LogP contribution in [0.3, 0.4) is 0 Å². The predicted molar refractivity (Wildman–Crippen MR) is 104 cm³/mol. The van der Waals surface area contributed by atoms with E-state index in [1.54, 1.807) is 0 Å². The Balaban J connectivity index is 1.85. The van der Waals surface area contributed by atoms with Gasteiger partial charge in [0.1, 0.15) is 11.6 Å². The largest absolute Gasteiger partial charge is 0.363 e. The molecule has 132 valence electrons. The molecule has 2 fully saturated rings. The van der Waals surface area contributed by atoms with Crippen LogP contribution in [-0.4, -0.2) is 47.8 Å². The van der Waals surface area contributed by atoms with Crippen LogP contribution in [0.25, 0.3) is 0 Å². The quantitative estimate of drug-likeness (QED) is 0.811.